The minimum atomic E-state index is -1.43. The Morgan fingerprint density at radius 1 is 0.824 bits per heavy atom. The van der Waals surface area contributed by atoms with Gasteiger partial charge < -0.3 is 56.4 Å². The SMILES string of the molecule is CC.CC(O)C(C(=O)O)C1N=C(C(=O)N2C[C@H](SC3=C(C(=O)O)N4C(=O)[C@H]([C@@H](C)O)[C@H]4[C@H]3C)C[C@@H]2C(=O)Nc2cccc(C(=O)O)c2)C(S[C@H]2CN[C@@H](C(=O)Nc3cccc(C(=O)O)c3)C2)[C@H]1C. The second-order valence-corrected chi connectivity index (χ2v) is 20.1. The predicted octanol–water partition coefficient (Wildman–Crippen LogP) is 2.92. The van der Waals surface area contributed by atoms with Crippen molar-refractivity contribution in [2.45, 2.75) is 107 Å². The molecule has 4 unspecified atom stereocenters. The van der Waals surface area contributed by atoms with Crippen LogP contribution in [0.2, 0.25) is 0 Å². The number of aliphatic carboxylic acids is 2. The van der Waals surface area contributed by atoms with Crippen LogP contribution in [0.25, 0.3) is 0 Å². The molecule has 5 aliphatic rings. The molecule has 20 nitrogen and oxygen atoms in total. The standard InChI is InChI=1S/C44H50N6O14S2.C2H6/c1-17-31(29(19(3)51)43(61)62)48-32(35(17)65-25-13-27(45-15-25)37(53)46-23-9-5-7-21(11-23)41(57)58)40(56)49-16-26(14-28(49)38(54)47-24-10-6-8-22(12-24)42(59)60)66-36-18(2)33-30(20(4)52)39(55)50(33)34(36)44(63)64;1-2/h5-12,17-20,25-31,33,35,45,51-52H,13-16H2,1-4H3,(H,46,53)(H,47,54)(H,57,58)(H,59,60)(H,61,62)(H,63,64);1-2H3/t17-,18+,19?,20+,25+,26+,27+,28+,29?,30+,31?,33+,35?;/m0./s1. The molecule has 0 bridgehead atoms. The van der Waals surface area contributed by atoms with E-state index < -0.39 is 118 Å². The zero-order valence-electron chi connectivity index (χ0n) is 38.1. The molecule has 0 aromatic heterocycles. The van der Waals surface area contributed by atoms with Crippen LogP contribution >= 0.6 is 23.5 Å². The average molecular weight is 981 g/mol. The van der Waals surface area contributed by atoms with E-state index in [1.807, 2.05) is 13.8 Å². The first-order chi connectivity index (χ1) is 32.2. The fraction of sp³-hybridized carbons (Fsp3) is 0.500. The second-order valence-electron chi connectivity index (χ2n) is 17.3. The number of carbonyl (C=O) groups excluding carboxylic acids is 4. The molecule has 366 valence electrons. The van der Waals surface area contributed by atoms with Crippen LogP contribution in [0.3, 0.4) is 0 Å². The van der Waals surface area contributed by atoms with Gasteiger partial charge in [0.1, 0.15) is 23.4 Å². The van der Waals surface area contributed by atoms with E-state index in [0.29, 0.717) is 4.91 Å². The lowest BCUT2D eigenvalue weighted by molar-refractivity contribution is -0.163. The summed E-state index contributed by atoms with van der Waals surface area (Å²) in [6.07, 6.45) is -2.21. The van der Waals surface area contributed by atoms with Crippen LogP contribution < -0.4 is 16.0 Å². The third-order valence-electron chi connectivity index (χ3n) is 12.9. The fourth-order valence-electron chi connectivity index (χ4n) is 9.68. The summed E-state index contributed by atoms with van der Waals surface area (Å²) < 4.78 is 0. The molecule has 4 amide bonds. The molecule has 5 aliphatic heterocycles. The molecule has 13 atom stereocenters. The van der Waals surface area contributed by atoms with Gasteiger partial charge in [-0.2, -0.15) is 0 Å². The Morgan fingerprint density at radius 3 is 1.94 bits per heavy atom. The first-order valence-electron chi connectivity index (χ1n) is 22.3. The predicted molar refractivity (Wildman–Crippen MR) is 251 cm³/mol. The molecule has 0 saturated carbocycles. The van der Waals surface area contributed by atoms with Gasteiger partial charge in [-0.3, -0.25) is 29.0 Å². The minimum Gasteiger partial charge on any atom is -0.481 e. The Balaban J connectivity index is 0.00000376. The number of β-lactam (4-membered cyclic amide) rings is 1. The molecule has 0 spiro atoms. The molecule has 2 aromatic rings. The lowest BCUT2D eigenvalue weighted by atomic mass is 9.79. The summed E-state index contributed by atoms with van der Waals surface area (Å²) in [6, 6.07) is 7.56. The minimum absolute atomic E-state index is 0.0174. The van der Waals surface area contributed by atoms with Crippen LogP contribution in [0.5, 0.6) is 0 Å². The molecule has 3 fully saturated rings. The molecule has 0 aliphatic carbocycles. The number of nitrogens with one attached hydrogen (secondary N) is 3. The van der Waals surface area contributed by atoms with Crippen LogP contribution in [0.1, 0.15) is 75.1 Å². The van der Waals surface area contributed by atoms with Crippen molar-refractivity contribution in [2.75, 3.05) is 23.7 Å². The molecular weight excluding hydrogens is 925 g/mol. The van der Waals surface area contributed by atoms with Crippen LogP contribution in [-0.4, -0.2) is 159 Å². The third kappa shape index (κ3) is 10.3. The Hall–Kier alpha value is -5.81. The summed E-state index contributed by atoms with van der Waals surface area (Å²) in [4.78, 5) is 112. The van der Waals surface area contributed by atoms with Crippen LogP contribution in [-0.2, 0) is 28.8 Å². The number of carboxylic acids is 4. The molecule has 5 heterocycles. The quantitative estimate of drug-likeness (QED) is 0.109. The molecule has 3 saturated heterocycles. The summed E-state index contributed by atoms with van der Waals surface area (Å²) in [5.41, 5.74) is -0.0479. The lowest BCUT2D eigenvalue weighted by Gasteiger charge is -2.46. The Bertz CT molecular complexity index is 2430. The number of anilines is 2. The first-order valence-corrected chi connectivity index (χ1v) is 24.1. The number of amides is 4. The number of benzene rings is 2. The van der Waals surface area contributed by atoms with Gasteiger partial charge in [-0.15, -0.1) is 23.5 Å². The number of rotatable bonds is 16. The zero-order valence-corrected chi connectivity index (χ0v) is 39.7. The normalized spacial score (nSPS) is 28.6. The number of hydrogen-bond acceptors (Lipinski definition) is 14. The number of aliphatic hydroxyl groups excluding tert-OH is 2. The van der Waals surface area contributed by atoms with Crippen molar-refractivity contribution in [1.29, 1.82) is 0 Å². The smallest absolute Gasteiger partial charge is 0.353 e. The van der Waals surface area contributed by atoms with Crippen LogP contribution in [0, 0.1) is 23.7 Å². The van der Waals surface area contributed by atoms with Crippen molar-refractivity contribution in [3.63, 3.8) is 0 Å². The van der Waals surface area contributed by atoms with Crippen molar-refractivity contribution in [3.05, 3.63) is 70.3 Å². The first kappa shape index (κ1) is 51.6. The van der Waals surface area contributed by atoms with Gasteiger partial charge in [0.2, 0.25) is 17.7 Å². The number of fused-ring (bicyclic) bond motifs is 1. The lowest BCUT2D eigenvalue weighted by Crippen LogP contribution is -2.63. The number of hydrogen-bond donors (Lipinski definition) is 9. The van der Waals surface area contributed by atoms with Crippen molar-refractivity contribution < 1.29 is 69.0 Å². The average Bonchev–Trinajstić information content (AvgIpc) is 4.06. The molecule has 22 heteroatoms. The zero-order chi connectivity index (χ0) is 50.0. The maximum absolute atomic E-state index is 15.1. The van der Waals surface area contributed by atoms with Gasteiger partial charge >= 0.3 is 23.9 Å². The van der Waals surface area contributed by atoms with E-state index in [9.17, 15) is 64.2 Å². The van der Waals surface area contributed by atoms with Gasteiger partial charge in [-0.1, -0.05) is 39.8 Å². The van der Waals surface area contributed by atoms with E-state index >= 15 is 4.79 Å². The molecule has 7 rings (SSSR count). The number of aromatic carboxylic acids is 2. The fourth-order valence-corrected chi connectivity index (χ4v) is 12.8. The van der Waals surface area contributed by atoms with Crippen molar-refractivity contribution >= 4 is 88.1 Å². The van der Waals surface area contributed by atoms with Crippen LogP contribution in [0.15, 0.2) is 64.1 Å². The van der Waals surface area contributed by atoms with E-state index in [2.05, 4.69) is 16.0 Å². The number of aliphatic hydroxyl groups is 2. The van der Waals surface area contributed by atoms with Crippen molar-refractivity contribution in [3.8, 4) is 0 Å². The molecule has 0 radical (unpaired) electrons. The molecule has 9 N–H and O–H groups in total. The van der Waals surface area contributed by atoms with Gasteiger partial charge in [-0.05, 0) is 69.0 Å². The number of carboxylic acid groups (broad SMARTS) is 4. The Labute approximate surface area is 400 Å². The van der Waals surface area contributed by atoms with Gasteiger partial charge in [0.15, 0.2) is 0 Å². The van der Waals surface area contributed by atoms with E-state index in [1.165, 1.54) is 77.9 Å². The van der Waals surface area contributed by atoms with E-state index in [-0.39, 0.29) is 65.1 Å². The largest absolute Gasteiger partial charge is 0.481 e. The highest BCUT2D eigenvalue weighted by atomic mass is 32.2. The van der Waals surface area contributed by atoms with Crippen molar-refractivity contribution in [2.24, 2.45) is 28.7 Å². The Morgan fingerprint density at radius 2 is 1.41 bits per heavy atom. The molecule has 68 heavy (non-hydrogen) atoms. The third-order valence-corrected chi connectivity index (χ3v) is 16.1. The van der Waals surface area contributed by atoms with Gasteiger partial charge in [-0.25, -0.2) is 14.4 Å². The highest BCUT2D eigenvalue weighted by Crippen LogP contribution is 2.52. The monoisotopic (exact) mass is 980 g/mol. The number of carbonyl (C=O) groups is 8. The van der Waals surface area contributed by atoms with Gasteiger partial charge in [0.25, 0.3) is 5.91 Å². The van der Waals surface area contributed by atoms with Crippen LogP contribution in [0.4, 0.5) is 11.4 Å². The number of aliphatic imine (C=N–C) groups is 1. The van der Waals surface area contributed by atoms with E-state index in [0.717, 1.165) is 11.8 Å². The van der Waals surface area contributed by atoms with Crippen molar-refractivity contribution in [1.82, 2.24) is 15.1 Å². The summed E-state index contributed by atoms with van der Waals surface area (Å²) >= 11 is 2.40. The molecule has 2 aromatic carbocycles. The van der Waals surface area contributed by atoms with E-state index in [4.69, 9.17) is 4.99 Å². The van der Waals surface area contributed by atoms with E-state index in [1.54, 1.807) is 19.9 Å². The topological polar surface area (TPSA) is 313 Å². The second kappa shape index (κ2) is 21.2. The Kier molecular flexibility index (Phi) is 16.1. The molecular formula is C46H56N6O14S2. The maximum Gasteiger partial charge on any atom is 0.353 e. The summed E-state index contributed by atoms with van der Waals surface area (Å²) in [5.74, 6) is -10.9. The van der Waals surface area contributed by atoms with Gasteiger partial charge in [0, 0.05) is 45.8 Å². The summed E-state index contributed by atoms with van der Waals surface area (Å²) in [6.45, 7) is 10.4. The number of nitrogens with zero attached hydrogens (tertiary/aromatic N) is 3. The van der Waals surface area contributed by atoms with Gasteiger partial charge in [0.05, 0.1) is 52.6 Å². The summed E-state index contributed by atoms with van der Waals surface area (Å²) in [5, 5.41) is 67.4. The highest BCUT2D eigenvalue weighted by Gasteiger charge is 2.61. The number of likely N-dealkylation sites (tertiary alicyclic amines) is 1. The highest BCUT2D eigenvalue weighted by molar-refractivity contribution is 8.03. The maximum atomic E-state index is 15.1. The summed E-state index contributed by atoms with van der Waals surface area (Å²) in [7, 11) is 0. The number of thioether (sulfide) groups is 2.